The van der Waals surface area contributed by atoms with Gasteiger partial charge >= 0.3 is 0 Å². The Balaban J connectivity index is 2.33. The highest BCUT2D eigenvalue weighted by molar-refractivity contribution is 7.80. The first-order valence-electron chi connectivity index (χ1n) is 8.67. The SMILES string of the molecule is CCCC[C@@H](CC)CNC(=S)NNC(=O)c1ccc(OCC)cc1. The van der Waals surface area contributed by atoms with E-state index < -0.39 is 0 Å². The molecule has 0 saturated carbocycles. The molecule has 0 radical (unpaired) electrons. The minimum absolute atomic E-state index is 0.236. The average Bonchev–Trinajstić information content (AvgIpc) is 2.60. The number of thiocarbonyl (C=S) groups is 1. The Morgan fingerprint density at radius 1 is 1.17 bits per heavy atom. The first-order chi connectivity index (χ1) is 11.6. The van der Waals surface area contributed by atoms with E-state index in [2.05, 4.69) is 30.0 Å². The maximum absolute atomic E-state index is 12.1. The molecule has 0 fully saturated rings. The molecular formula is C18H29N3O2S. The van der Waals surface area contributed by atoms with Gasteiger partial charge in [-0.3, -0.25) is 15.6 Å². The van der Waals surface area contributed by atoms with E-state index in [4.69, 9.17) is 17.0 Å². The number of benzene rings is 1. The fourth-order valence-corrected chi connectivity index (χ4v) is 2.41. The van der Waals surface area contributed by atoms with Crippen molar-refractivity contribution >= 4 is 23.2 Å². The van der Waals surface area contributed by atoms with Gasteiger partial charge < -0.3 is 10.1 Å². The van der Waals surface area contributed by atoms with Gasteiger partial charge in [0.1, 0.15) is 5.75 Å². The van der Waals surface area contributed by atoms with E-state index in [9.17, 15) is 4.79 Å². The number of carbonyl (C=O) groups excluding carboxylic acids is 1. The Hall–Kier alpha value is -1.82. The van der Waals surface area contributed by atoms with Crippen molar-refractivity contribution in [2.75, 3.05) is 13.2 Å². The van der Waals surface area contributed by atoms with Gasteiger partial charge in [0.25, 0.3) is 5.91 Å². The summed E-state index contributed by atoms with van der Waals surface area (Å²) in [5.74, 6) is 1.11. The second kappa shape index (κ2) is 11.7. The smallest absolute Gasteiger partial charge is 0.269 e. The van der Waals surface area contributed by atoms with Crippen LogP contribution in [-0.4, -0.2) is 24.2 Å². The monoisotopic (exact) mass is 351 g/mol. The van der Waals surface area contributed by atoms with Crippen LogP contribution in [0.4, 0.5) is 0 Å². The number of rotatable bonds is 9. The van der Waals surface area contributed by atoms with Crippen LogP contribution in [0.2, 0.25) is 0 Å². The molecule has 1 atom stereocenters. The van der Waals surface area contributed by atoms with Crippen molar-refractivity contribution in [3.05, 3.63) is 29.8 Å². The van der Waals surface area contributed by atoms with E-state index in [1.807, 2.05) is 6.92 Å². The molecule has 0 heterocycles. The third-order valence-electron chi connectivity index (χ3n) is 3.81. The van der Waals surface area contributed by atoms with Gasteiger partial charge in [0.05, 0.1) is 6.61 Å². The molecule has 0 unspecified atom stereocenters. The van der Waals surface area contributed by atoms with Crippen LogP contribution in [0.3, 0.4) is 0 Å². The van der Waals surface area contributed by atoms with Gasteiger partial charge in [-0.2, -0.15) is 0 Å². The third-order valence-corrected chi connectivity index (χ3v) is 4.06. The van der Waals surface area contributed by atoms with Crippen LogP contribution in [0.1, 0.15) is 56.8 Å². The molecule has 3 N–H and O–H groups in total. The number of unbranched alkanes of at least 4 members (excludes halogenated alkanes) is 1. The van der Waals surface area contributed by atoms with Gasteiger partial charge in [-0.25, -0.2) is 0 Å². The highest BCUT2D eigenvalue weighted by Gasteiger charge is 2.08. The summed E-state index contributed by atoms with van der Waals surface area (Å²) in [7, 11) is 0. The highest BCUT2D eigenvalue weighted by Crippen LogP contribution is 2.12. The molecule has 1 aromatic carbocycles. The Kier molecular flexibility index (Phi) is 9.84. The summed E-state index contributed by atoms with van der Waals surface area (Å²) in [4.78, 5) is 12.1. The molecule has 1 rings (SSSR count). The molecule has 0 aromatic heterocycles. The zero-order valence-electron chi connectivity index (χ0n) is 14.9. The lowest BCUT2D eigenvalue weighted by Crippen LogP contribution is -2.47. The maximum atomic E-state index is 12.1. The van der Waals surface area contributed by atoms with Gasteiger partial charge in [0, 0.05) is 12.1 Å². The predicted molar refractivity (Wildman–Crippen MR) is 102 cm³/mol. The summed E-state index contributed by atoms with van der Waals surface area (Å²) in [5.41, 5.74) is 5.89. The normalized spacial score (nSPS) is 11.5. The van der Waals surface area contributed by atoms with E-state index in [-0.39, 0.29) is 5.91 Å². The largest absolute Gasteiger partial charge is 0.494 e. The summed E-state index contributed by atoms with van der Waals surface area (Å²) >= 11 is 5.20. The number of ether oxygens (including phenoxy) is 1. The van der Waals surface area contributed by atoms with Gasteiger partial charge in [0.15, 0.2) is 5.11 Å². The lowest BCUT2D eigenvalue weighted by molar-refractivity contribution is 0.0943. The van der Waals surface area contributed by atoms with Crippen LogP contribution in [0.25, 0.3) is 0 Å². The van der Waals surface area contributed by atoms with Gasteiger partial charge in [0.2, 0.25) is 0 Å². The molecule has 0 aliphatic heterocycles. The van der Waals surface area contributed by atoms with E-state index >= 15 is 0 Å². The zero-order chi connectivity index (χ0) is 17.8. The summed E-state index contributed by atoms with van der Waals surface area (Å²) in [6.07, 6.45) is 4.75. The first kappa shape index (κ1) is 20.2. The van der Waals surface area contributed by atoms with Crippen molar-refractivity contribution in [1.29, 1.82) is 0 Å². The lowest BCUT2D eigenvalue weighted by Gasteiger charge is -2.17. The maximum Gasteiger partial charge on any atom is 0.269 e. The molecule has 6 heteroatoms. The minimum Gasteiger partial charge on any atom is -0.494 e. The molecule has 5 nitrogen and oxygen atoms in total. The van der Waals surface area contributed by atoms with Crippen molar-refractivity contribution in [2.24, 2.45) is 5.92 Å². The summed E-state index contributed by atoms with van der Waals surface area (Å²) < 4.78 is 5.35. The van der Waals surface area contributed by atoms with Crippen LogP contribution in [0.15, 0.2) is 24.3 Å². The van der Waals surface area contributed by atoms with E-state index in [0.717, 1.165) is 18.7 Å². The molecular weight excluding hydrogens is 322 g/mol. The minimum atomic E-state index is -0.236. The summed E-state index contributed by atoms with van der Waals surface area (Å²) in [5, 5.41) is 3.60. The highest BCUT2D eigenvalue weighted by atomic mass is 32.1. The van der Waals surface area contributed by atoms with Crippen molar-refractivity contribution in [3.63, 3.8) is 0 Å². The van der Waals surface area contributed by atoms with E-state index in [1.54, 1.807) is 24.3 Å². The topological polar surface area (TPSA) is 62.4 Å². The fourth-order valence-electron chi connectivity index (χ4n) is 2.28. The van der Waals surface area contributed by atoms with Gasteiger partial charge in [-0.15, -0.1) is 0 Å². The molecule has 0 spiro atoms. The van der Waals surface area contributed by atoms with Crippen molar-refractivity contribution < 1.29 is 9.53 Å². The van der Waals surface area contributed by atoms with Crippen molar-refractivity contribution in [2.45, 2.75) is 46.5 Å². The second-order valence-corrected chi connectivity index (χ2v) is 6.07. The Morgan fingerprint density at radius 3 is 2.46 bits per heavy atom. The quantitative estimate of drug-likeness (QED) is 0.470. The van der Waals surface area contributed by atoms with E-state index in [0.29, 0.717) is 23.2 Å². The molecule has 1 aromatic rings. The molecule has 0 aliphatic carbocycles. The second-order valence-electron chi connectivity index (χ2n) is 5.66. The van der Waals surface area contributed by atoms with Crippen molar-refractivity contribution in [3.8, 4) is 5.75 Å². The molecule has 134 valence electrons. The summed E-state index contributed by atoms with van der Waals surface area (Å²) in [6.45, 7) is 7.73. The molecule has 1 amide bonds. The standard InChI is InChI=1S/C18H29N3O2S/c1-4-7-8-14(5-2)13-19-18(24)21-20-17(22)15-9-11-16(12-10-15)23-6-3/h9-12,14H,4-8,13H2,1-3H3,(H,20,22)(H2,19,21,24)/t14-/m1/s1. The Morgan fingerprint density at radius 2 is 1.88 bits per heavy atom. The van der Waals surface area contributed by atoms with Crippen LogP contribution in [-0.2, 0) is 0 Å². The van der Waals surface area contributed by atoms with Crippen LogP contribution in [0, 0.1) is 5.92 Å². The predicted octanol–water partition coefficient (Wildman–Crippen LogP) is 3.41. The van der Waals surface area contributed by atoms with Gasteiger partial charge in [-0.1, -0.05) is 33.1 Å². The number of hydrogen-bond acceptors (Lipinski definition) is 3. The van der Waals surface area contributed by atoms with Crippen molar-refractivity contribution in [1.82, 2.24) is 16.2 Å². The van der Waals surface area contributed by atoms with Crippen LogP contribution >= 0.6 is 12.2 Å². The van der Waals surface area contributed by atoms with Crippen LogP contribution in [0.5, 0.6) is 5.75 Å². The Bertz CT molecular complexity index is 505. The van der Waals surface area contributed by atoms with Gasteiger partial charge in [-0.05, 0) is 55.7 Å². The lowest BCUT2D eigenvalue weighted by atomic mass is 9.99. The third kappa shape index (κ3) is 7.64. The number of hydrogen-bond donors (Lipinski definition) is 3. The van der Waals surface area contributed by atoms with Crippen LogP contribution < -0.4 is 20.9 Å². The molecule has 24 heavy (non-hydrogen) atoms. The van der Waals surface area contributed by atoms with E-state index in [1.165, 1.54) is 19.3 Å². The number of hydrazine groups is 1. The molecule has 0 aliphatic rings. The fraction of sp³-hybridized carbons (Fsp3) is 0.556. The number of amides is 1. The average molecular weight is 352 g/mol. The number of nitrogens with one attached hydrogen (secondary N) is 3. The number of carbonyl (C=O) groups is 1. The summed E-state index contributed by atoms with van der Waals surface area (Å²) in [6, 6.07) is 6.98. The molecule has 0 bridgehead atoms. The Labute approximate surface area is 150 Å². The first-order valence-corrected chi connectivity index (χ1v) is 9.08. The zero-order valence-corrected chi connectivity index (χ0v) is 15.7. The molecule has 0 saturated heterocycles.